The summed E-state index contributed by atoms with van der Waals surface area (Å²) in [5.74, 6) is 2.67. The smallest absolute Gasteiger partial charge is 0.178 e. The van der Waals surface area contributed by atoms with Crippen LogP contribution in [-0.4, -0.2) is 4.98 Å². The molecule has 8 aromatic rings. The Kier molecular flexibility index (Phi) is 9.69. The van der Waals surface area contributed by atoms with E-state index in [2.05, 4.69) is 79.7 Å². The van der Waals surface area contributed by atoms with Crippen LogP contribution in [0.2, 0.25) is 0 Å². The number of hydrogen-bond donors (Lipinski definition) is 0. The number of allylic oxidation sites excluding steroid dienone is 4. The second-order valence-corrected chi connectivity index (χ2v) is 22.7. The van der Waals surface area contributed by atoms with Crippen LogP contribution < -0.4 is 36.0 Å². The number of hydrogen-bond acceptors (Lipinski definition) is 5. The van der Waals surface area contributed by atoms with Gasteiger partial charge in [-0.15, -0.1) is 0 Å². The third-order valence-corrected chi connectivity index (χ3v) is 18.9. The number of rotatable bonds is 6. The molecule has 5 nitrogen and oxygen atoms in total. The highest BCUT2D eigenvalue weighted by Crippen LogP contribution is 2.60. The highest BCUT2D eigenvalue weighted by Gasteiger charge is 2.42. The lowest BCUT2D eigenvalue weighted by molar-refractivity contribution is 0.397. The minimum atomic E-state index is -3.40. The third-order valence-electron chi connectivity index (χ3n) is 12.7. The Morgan fingerprint density at radius 1 is 0.422 bits per heavy atom. The normalized spacial score (nSPS) is 16.9. The predicted molar refractivity (Wildman–Crippen MR) is 264 cm³/mol. The zero-order valence-corrected chi connectivity index (χ0v) is 37.9. The minimum absolute atomic E-state index is 0.611. The Morgan fingerprint density at radius 3 is 1.45 bits per heavy atom. The van der Waals surface area contributed by atoms with Crippen molar-refractivity contribution in [3.05, 3.63) is 209 Å². The molecule has 312 valence electrons. The second kappa shape index (κ2) is 15.5. The molecule has 64 heavy (non-hydrogen) atoms. The highest BCUT2D eigenvalue weighted by atomic mass is 31.2. The van der Waals surface area contributed by atoms with Crippen LogP contribution in [0, 0.1) is 20.8 Å². The fraction of sp³-hybridized carbons (Fsp3) is 0.105. The molecule has 0 fully saturated rings. The van der Waals surface area contributed by atoms with Crippen LogP contribution in [0.25, 0.3) is 44.8 Å². The van der Waals surface area contributed by atoms with Gasteiger partial charge in [-0.3, -0.25) is 0 Å². The lowest BCUT2D eigenvalue weighted by Gasteiger charge is -2.33. The van der Waals surface area contributed by atoms with Gasteiger partial charge in [0.05, 0.1) is 32.6 Å². The van der Waals surface area contributed by atoms with Gasteiger partial charge in [0, 0.05) is 28.2 Å². The molecule has 7 heteroatoms. The van der Waals surface area contributed by atoms with Gasteiger partial charge in [0.25, 0.3) is 0 Å². The van der Waals surface area contributed by atoms with E-state index in [-0.39, 0.29) is 0 Å². The number of aryl methyl sites for hydroxylation is 3. The maximum atomic E-state index is 16.0. The molecule has 1 aliphatic carbocycles. The Bertz CT molecular complexity index is 3330. The molecule has 7 aromatic carbocycles. The highest BCUT2D eigenvalue weighted by molar-refractivity contribution is 7.85. The third kappa shape index (κ3) is 6.74. The molecule has 0 N–H and O–H groups in total. The van der Waals surface area contributed by atoms with Crippen LogP contribution >= 0.6 is 14.3 Å². The Hall–Kier alpha value is -6.77. The molecule has 0 saturated heterocycles. The van der Waals surface area contributed by atoms with E-state index in [1.54, 1.807) is 0 Å². The maximum absolute atomic E-state index is 16.0. The summed E-state index contributed by atoms with van der Waals surface area (Å²) in [6.07, 6.45) is 3.67. The van der Waals surface area contributed by atoms with E-state index in [0.29, 0.717) is 39.6 Å². The van der Waals surface area contributed by atoms with E-state index in [1.807, 2.05) is 124 Å². The summed E-state index contributed by atoms with van der Waals surface area (Å²) in [6.45, 7) is 8.18. The topological polar surface area (TPSA) is 65.5 Å². The monoisotopic (exact) mass is 869 g/mol. The van der Waals surface area contributed by atoms with E-state index in [9.17, 15) is 0 Å². The van der Waals surface area contributed by atoms with E-state index in [4.69, 9.17) is 14.5 Å². The molecule has 0 amide bonds. The summed E-state index contributed by atoms with van der Waals surface area (Å²) in [7, 11) is -6.76. The van der Waals surface area contributed by atoms with Gasteiger partial charge in [-0.1, -0.05) is 131 Å². The lowest BCUT2D eigenvalue weighted by atomic mass is 9.97. The number of aromatic nitrogens is 1. The van der Waals surface area contributed by atoms with Gasteiger partial charge in [0.15, 0.2) is 14.3 Å². The maximum Gasteiger partial charge on any atom is 0.178 e. The first kappa shape index (κ1) is 40.0. The summed E-state index contributed by atoms with van der Waals surface area (Å²) in [5, 5.41) is 4.34. The molecule has 1 aromatic heterocycles. The largest absolute Gasteiger partial charge is 0.460 e. The van der Waals surface area contributed by atoms with Crippen LogP contribution in [0.15, 0.2) is 193 Å². The summed E-state index contributed by atoms with van der Waals surface area (Å²) in [5.41, 5.74) is 11.7. The van der Waals surface area contributed by atoms with Crippen molar-refractivity contribution >= 4 is 40.8 Å². The molecule has 0 radical (unpaired) electrons. The lowest BCUT2D eigenvalue weighted by Crippen LogP contribution is -2.31. The van der Waals surface area contributed by atoms with Crippen molar-refractivity contribution in [2.75, 3.05) is 0 Å². The number of nitrogens with zero attached hydrogens (tertiary/aromatic N) is 1. The molecular weight excluding hydrogens is 825 g/mol. The summed E-state index contributed by atoms with van der Waals surface area (Å²) in [6, 6.07) is 57.2. The Labute approximate surface area is 374 Å². The van der Waals surface area contributed by atoms with Gasteiger partial charge < -0.3 is 18.6 Å². The molecule has 3 heterocycles. The quantitative estimate of drug-likeness (QED) is 0.156. The van der Waals surface area contributed by atoms with Gasteiger partial charge in [-0.25, -0.2) is 4.98 Å². The number of benzene rings is 7. The number of ether oxygens (including phenoxy) is 2. The van der Waals surface area contributed by atoms with Crippen molar-refractivity contribution in [1.29, 1.82) is 0 Å². The molecule has 11 rings (SSSR count). The zero-order valence-electron chi connectivity index (χ0n) is 36.1. The minimum Gasteiger partial charge on any atom is -0.460 e. The van der Waals surface area contributed by atoms with Crippen LogP contribution in [0.5, 0.6) is 17.2 Å². The zero-order chi connectivity index (χ0) is 43.7. The van der Waals surface area contributed by atoms with Crippen molar-refractivity contribution in [2.24, 2.45) is 0 Å². The Morgan fingerprint density at radius 2 is 0.891 bits per heavy atom. The molecule has 0 bridgehead atoms. The van der Waals surface area contributed by atoms with Crippen molar-refractivity contribution in [3.63, 3.8) is 0 Å². The predicted octanol–water partition coefficient (Wildman–Crippen LogP) is 13.1. The number of pyridine rings is 1. The van der Waals surface area contributed by atoms with E-state index in [0.717, 1.165) is 89.6 Å². The van der Waals surface area contributed by atoms with Crippen LogP contribution in [-0.2, 0) is 9.13 Å². The van der Waals surface area contributed by atoms with Crippen molar-refractivity contribution in [1.82, 2.24) is 4.98 Å². The average molecular weight is 870 g/mol. The molecular formula is C57H45NO4P2. The van der Waals surface area contributed by atoms with Gasteiger partial charge in [-0.05, 0) is 123 Å². The molecule has 0 spiro atoms. The second-order valence-electron chi connectivity index (χ2n) is 17.3. The number of fused-ring (bicyclic) bond motifs is 3. The Balaban J connectivity index is 1.09. The van der Waals surface area contributed by atoms with Crippen molar-refractivity contribution < 1.29 is 18.6 Å². The first-order chi connectivity index (χ1) is 31.0. The van der Waals surface area contributed by atoms with E-state index < -0.39 is 14.3 Å². The summed E-state index contributed by atoms with van der Waals surface area (Å²) >= 11 is 0. The molecule has 2 aliphatic heterocycles. The van der Waals surface area contributed by atoms with E-state index in [1.165, 1.54) is 5.57 Å². The fourth-order valence-electron chi connectivity index (χ4n) is 9.34. The fourth-order valence-corrected chi connectivity index (χ4v) is 15.6. The SMILES string of the molecule is CC1=CC2=C(CC1)Oc1ccc(C)cc1P2(=O)c1cccc(-c2cc(-c3ccc(-c4ccccc4)cc3)cc(-c3cccc(P4(=O)c5cc(C)ccc5Oc5ccc(C)cc54)c3)n2)c1. The van der Waals surface area contributed by atoms with Gasteiger partial charge in [0.2, 0.25) is 0 Å². The van der Waals surface area contributed by atoms with Gasteiger partial charge in [0.1, 0.15) is 23.0 Å². The van der Waals surface area contributed by atoms with Crippen LogP contribution in [0.3, 0.4) is 0 Å². The molecule has 1 atom stereocenters. The van der Waals surface area contributed by atoms with Gasteiger partial charge in [-0.2, -0.15) is 0 Å². The van der Waals surface area contributed by atoms with Crippen molar-refractivity contribution in [3.8, 4) is 62.0 Å². The summed E-state index contributed by atoms with van der Waals surface area (Å²) < 4.78 is 44.9. The first-order valence-corrected chi connectivity index (χ1v) is 25.2. The molecule has 1 unspecified atom stereocenters. The molecule has 0 saturated carbocycles. The molecule has 3 aliphatic rings. The first-order valence-electron chi connectivity index (χ1n) is 21.7. The van der Waals surface area contributed by atoms with Gasteiger partial charge >= 0.3 is 0 Å². The van der Waals surface area contributed by atoms with Crippen LogP contribution in [0.1, 0.15) is 36.5 Å². The standard InChI is InChI=1S/C57H45NO4P2/c1-36-16-24-50-54(28-36)63(59,55-29-37(2)17-25-51(55)61-50)46-14-8-12-43(32-46)48-34-45(42-22-20-41(21-23-42)40-10-6-5-7-11-40)35-49(58-48)44-13-9-15-47(33-44)64(60)56-30-38(3)18-26-52(56)62-53-27-19-39(4)31-57(53)64/h5-18,20-26,28-35H,19,27H2,1-4H3. The average Bonchev–Trinajstić information content (AvgIpc) is 3.33. The van der Waals surface area contributed by atoms with Crippen LogP contribution in [0.4, 0.5) is 0 Å². The summed E-state index contributed by atoms with van der Waals surface area (Å²) in [4.78, 5) is 5.40. The van der Waals surface area contributed by atoms with E-state index >= 15 is 9.13 Å². The van der Waals surface area contributed by atoms with Crippen molar-refractivity contribution in [2.45, 2.75) is 40.5 Å².